The number of rotatable bonds is 12. The van der Waals surface area contributed by atoms with Gasteiger partial charge in [-0.3, -0.25) is 53.8 Å². The number of nitrogens with zero attached hydrogens (tertiary/aromatic N) is 18. The van der Waals surface area contributed by atoms with Crippen molar-refractivity contribution >= 4 is 63.6 Å². The molecule has 0 spiro atoms. The molecule has 0 unspecified atom stereocenters. The van der Waals surface area contributed by atoms with E-state index >= 15 is 0 Å². The third kappa shape index (κ3) is 173. The third-order valence-electron chi connectivity index (χ3n) is 12.6. The van der Waals surface area contributed by atoms with E-state index in [2.05, 4.69) is 226 Å². The summed E-state index contributed by atoms with van der Waals surface area (Å²) in [5.74, 6) is 0. The number of hydrogen-bond acceptors (Lipinski definition) is 15. The van der Waals surface area contributed by atoms with Crippen molar-refractivity contribution in [3.63, 3.8) is 0 Å². The summed E-state index contributed by atoms with van der Waals surface area (Å²) in [5, 5.41) is 38.9. The smallest absolute Gasteiger partial charge is 0.115 e. The van der Waals surface area contributed by atoms with Crippen molar-refractivity contribution in [2.45, 2.75) is 271 Å². The zero-order valence-corrected chi connectivity index (χ0v) is 108. The first-order valence-electron chi connectivity index (χ1n) is 47.2. The Kier molecular flexibility index (Phi) is 252. The molecule has 0 bridgehead atoms. The van der Waals surface area contributed by atoms with E-state index in [-0.39, 0.29) is 196 Å². The van der Waals surface area contributed by atoms with Gasteiger partial charge in [0.1, 0.15) is 6.33 Å². The van der Waals surface area contributed by atoms with Crippen LogP contribution in [0.3, 0.4) is 0 Å². The Morgan fingerprint density at radius 1 is 0.298 bits per heavy atom. The number of aromatic amines is 1. The molecule has 8 heterocycles. The predicted octanol–water partition coefficient (Wildman–Crippen LogP) is 35.1. The Morgan fingerprint density at radius 2 is 0.617 bits per heavy atom. The van der Waals surface area contributed by atoms with E-state index < -0.39 is 0 Å². The summed E-state index contributed by atoms with van der Waals surface area (Å²) in [4.78, 5) is 37.9. The summed E-state index contributed by atoms with van der Waals surface area (Å²) in [6.07, 6.45) is 54.1. The van der Waals surface area contributed by atoms with Gasteiger partial charge in [-0.05, 0) is 71.4 Å². The molecule has 6 aromatic carbocycles. The van der Waals surface area contributed by atoms with Crippen molar-refractivity contribution in [3.05, 3.63) is 415 Å². The normalized spacial score (nSPS) is 7.26. The minimum absolute atomic E-state index is 0. The first-order chi connectivity index (χ1) is 66.4. The zero-order valence-electron chi connectivity index (χ0n) is 91.4. The molecule has 0 aliphatic rings. The Labute approximate surface area is 1010 Å². The fraction of sp³-hybridized carbons (Fsp3) is 0.345. The topological polar surface area (TPSA) is 275 Å². The van der Waals surface area contributed by atoms with Gasteiger partial charge in [-0.2, -0.15) is 74.3 Å². The van der Waals surface area contributed by atoms with E-state index in [9.17, 15) is 0 Å². The average molecular weight is 2370 g/mol. The van der Waals surface area contributed by atoms with Crippen LogP contribution in [0.5, 0.6) is 0 Å². The monoisotopic (exact) mass is 2370 g/mol. The van der Waals surface area contributed by atoms with E-state index in [1.807, 2.05) is 269 Å². The summed E-state index contributed by atoms with van der Waals surface area (Å²) >= 11 is 0. The van der Waals surface area contributed by atoms with E-state index in [4.69, 9.17) is 36.1 Å². The number of pyridine rings is 3. The molecule has 0 fully saturated rings. The quantitative estimate of drug-likeness (QED) is 0.0516. The van der Waals surface area contributed by atoms with E-state index in [0.717, 1.165) is 46.8 Å². The first-order valence-corrected chi connectivity index (χ1v) is 47.2. The molecule has 0 atom stereocenters. The third-order valence-corrected chi connectivity index (χ3v) is 12.6. The Hall–Kier alpha value is -7.06. The predicted molar refractivity (Wildman–Crippen MR) is 596 cm³/mol. The second-order valence-electron chi connectivity index (χ2n) is 22.2. The minimum atomic E-state index is 0. The van der Waals surface area contributed by atoms with Gasteiger partial charge in [0.15, 0.2) is 0 Å². The van der Waals surface area contributed by atoms with Crippen LogP contribution in [0.4, 0.5) is 5.69 Å². The number of para-hydroxylation sites is 3. The molecule has 0 aliphatic carbocycles. The molecule has 25 heteroatoms. The van der Waals surface area contributed by atoms with Crippen LogP contribution in [0.2, 0.25) is 0 Å². The van der Waals surface area contributed by atoms with Crippen molar-refractivity contribution in [1.82, 2.24) is 70.5 Å². The van der Waals surface area contributed by atoms with Gasteiger partial charge in [-0.1, -0.05) is 343 Å². The van der Waals surface area contributed by atoms with Crippen LogP contribution < -0.4 is 0 Å². The molecule has 0 saturated heterocycles. The number of hydrogen-bond donors (Lipinski definition) is 1. The Morgan fingerprint density at radius 3 is 0.837 bits per heavy atom. The number of fused-ring (bicyclic) bond motifs is 3. The average Bonchev–Trinajstić information content (AvgIpc) is 0.924. The van der Waals surface area contributed by atoms with Crippen LogP contribution in [0.25, 0.3) is 55.1 Å². The summed E-state index contributed by atoms with van der Waals surface area (Å²) in [6, 6.07) is 71.4. The second kappa shape index (κ2) is 195. The van der Waals surface area contributed by atoms with Crippen molar-refractivity contribution in [3.8, 4) is 0 Å². The van der Waals surface area contributed by atoms with Crippen LogP contribution in [-0.4, -0.2) is 89.6 Å². The number of nitrogens with one attached hydrogen (secondary N) is 1. The Bertz CT molecular complexity index is 3500. The van der Waals surface area contributed by atoms with Crippen LogP contribution in [0, 0.1) is 51.1 Å². The van der Waals surface area contributed by atoms with Gasteiger partial charge in [-0.25, -0.2) is 22.1 Å². The standard InChI is InChI=1S/2C9H7N.C8H6N2.C8H6.C7H5N.C6H4N2.C5H5N.3C4H4N2.6C4H10.C4H4.2C3H3N.C2H3N3.8C2H6.6Y/c1-2-6-9-8(4-1)5-3-7-10-9;1-2-4-9-7-10-6-5-8(9)3-1;1-2-4-8-7(3-1)9-5-6-10-8;1-2-8-6-4-3-5-7-8;8-6-7-4-2-1-3-5-7;7-8-6-4-2-1-3-5-6;1-2-4-6-5-3-1;1-2-6-4-3-5-1;1-2-5-4-6-3-1;1-2-4-6-5-3-1;8*1-3-4-2;1-2-3-4;1-2-4-5-3-1;8*1-2;;;;;;/h2*1-7H;1-6H;1-6H;1-4,6H;1-4H;1-5H;3*1-4H;6*3-4H2,1-2H3;1-4H;2*1-3H;1-2H,(H,3,4,5);8*1-2H3;;;;;;/q;;;3*-2;;;;;;;;;;;3*-2;;;;;;;;;;;;;;;. The molecule has 8 aromatic heterocycles. The number of allylic oxidation sites excluding steroid dienone is 3. The first kappa shape index (κ1) is 182. The van der Waals surface area contributed by atoms with Crippen LogP contribution in [0.1, 0.15) is 282 Å². The number of aliphatic imine (C=N–C) groups is 1. The fourth-order valence-corrected chi connectivity index (χ4v) is 5.64. The van der Waals surface area contributed by atoms with Crippen LogP contribution in [-0.2, 0) is 196 Å². The molecule has 1 N–H and O–H groups in total. The van der Waals surface area contributed by atoms with E-state index in [0.29, 0.717) is 11.3 Å². The minimum Gasteiger partial charge on any atom is -0.911 e. The molecule has 141 heavy (non-hydrogen) atoms. The number of aromatic nitrogens is 14. The molecule has 0 amide bonds. The molecule has 6 radical (unpaired) electrons. The molecular formula is C116H173N19Y6-12. The Balaban J connectivity index is -0.0000000606. The summed E-state index contributed by atoms with van der Waals surface area (Å²) in [6.45, 7) is 86.5. The van der Waals surface area contributed by atoms with Gasteiger partial charge >= 0.3 is 0 Å². The molecular weight excluding hydrogens is 2190 g/mol. The molecule has 14 aromatic rings. The van der Waals surface area contributed by atoms with E-state index in [1.165, 1.54) is 118 Å². The summed E-state index contributed by atoms with van der Waals surface area (Å²) in [5.41, 5.74) is 13.2. The van der Waals surface area contributed by atoms with Gasteiger partial charge < -0.3 is 89.0 Å². The SMILES string of the molecule is CC.CC.CC.CC.CC.CC.CC.CC.CCCC.CCCC.CCCC.CCCC.CCCC.CCCC.[CH-]=CC=[CH-].[CH-]=CC=[N-].[CH-]=CN=[CH-].[CH-]=Cc1[c-]cccc1.[N-]=Cc1[c-]cccc1.[N-]=Nc1[c-]cccc1.[Y].[Y].[Y].[Y].[Y].[Y].c1ccc2cnccc2c1.c1ccc2ncccc2c1.c1ccc2nccnc2c1.c1ccncc1.c1ccnnc1.c1cn[nH]n1.c1cnccn1.c1cncnc1. The molecule has 762 valence electrons. The van der Waals surface area contributed by atoms with Gasteiger partial charge in [-0.15, -0.1) is 42.5 Å². The number of benzene rings is 6. The molecule has 0 saturated carbocycles. The van der Waals surface area contributed by atoms with Gasteiger partial charge in [0.2, 0.25) is 0 Å². The fourth-order valence-electron chi connectivity index (χ4n) is 5.64. The van der Waals surface area contributed by atoms with Gasteiger partial charge in [0, 0.05) is 295 Å². The van der Waals surface area contributed by atoms with Gasteiger partial charge in [0.25, 0.3) is 0 Å². The zero-order chi connectivity index (χ0) is 105. The van der Waals surface area contributed by atoms with Crippen LogP contribution in [0.15, 0.2) is 346 Å². The second-order valence-corrected chi connectivity index (χ2v) is 22.2. The summed E-state index contributed by atoms with van der Waals surface area (Å²) in [7, 11) is 0. The van der Waals surface area contributed by atoms with Crippen molar-refractivity contribution in [2.75, 3.05) is 0 Å². The van der Waals surface area contributed by atoms with Crippen LogP contribution >= 0.6 is 0 Å². The van der Waals surface area contributed by atoms with Gasteiger partial charge in [0.05, 0.1) is 28.9 Å². The largest absolute Gasteiger partial charge is 0.911 e. The maximum Gasteiger partial charge on any atom is 0.115 e. The maximum absolute atomic E-state index is 8.38. The van der Waals surface area contributed by atoms with Crippen molar-refractivity contribution in [1.29, 1.82) is 0 Å². The van der Waals surface area contributed by atoms with Crippen molar-refractivity contribution in [2.24, 2.45) is 10.1 Å². The molecule has 14 rings (SSSR count). The van der Waals surface area contributed by atoms with E-state index in [1.54, 1.807) is 123 Å². The van der Waals surface area contributed by atoms with Crippen molar-refractivity contribution < 1.29 is 196 Å². The summed E-state index contributed by atoms with van der Waals surface area (Å²) < 4.78 is 0. The number of H-pyrrole nitrogens is 1. The molecule has 19 nitrogen and oxygen atoms in total. The maximum atomic E-state index is 8.38. The number of unbranched alkanes of at least 4 members (excludes halogenated alkanes) is 6. The molecule has 0 aliphatic heterocycles.